The summed E-state index contributed by atoms with van der Waals surface area (Å²) in [5, 5.41) is 3.03. The molecule has 1 aromatic rings. The van der Waals surface area contributed by atoms with Crippen LogP contribution in [0.5, 0.6) is 0 Å². The summed E-state index contributed by atoms with van der Waals surface area (Å²) in [5.41, 5.74) is 1.02. The summed E-state index contributed by atoms with van der Waals surface area (Å²) < 4.78 is 0. The number of aryl methyl sites for hydroxylation is 1. The standard InChI is InChI=1S/C13H22N4/c1-9(2)8-17(11-5-6-11)12-7-10(3)15-13(14-4)16-12/h7,9,11H,5-6,8H2,1-4H3,(H,14,15,16). The number of anilines is 2. The fraction of sp³-hybridized carbons (Fsp3) is 0.692. The maximum absolute atomic E-state index is 4.57. The summed E-state index contributed by atoms with van der Waals surface area (Å²) in [6.07, 6.45) is 2.59. The second-order valence-corrected chi connectivity index (χ2v) is 5.22. The largest absolute Gasteiger partial charge is 0.357 e. The van der Waals surface area contributed by atoms with Gasteiger partial charge in [0.2, 0.25) is 5.95 Å². The van der Waals surface area contributed by atoms with Gasteiger partial charge in [-0.15, -0.1) is 0 Å². The van der Waals surface area contributed by atoms with Gasteiger partial charge in [0.15, 0.2) is 0 Å². The Bertz CT molecular complexity index is 385. The number of aromatic nitrogens is 2. The Kier molecular flexibility index (Phi) is 3.50. The molecule has 0 aliphatic heterocycles. The minimum absolute atomic E-state index is 0.656. The number of nitrogens with zero attached hydrogens (tertiary/aromatic N) is 3. The fourth-order valence-corrected chi connectivity index (χ4v) is 2.02. The lowest BCUT2D eigenvalue weighted by atomic mass is 10.2. The van der Waals surface area contributed by atoms with E-state index in [1.54, 1.807) is 0 Å². The van der Waals surface area contributed by atoms with Gasteiger partial charge in [0.1, 0.15) is 5.82 Å². The normalized spacial score (nSPS) is 15.1. The minimum Gasteiger partial charge on any atom is -0.357 e. The monoisotopic (exact) mass is 234 g/mol. The molecule has 0 aromatic carbocycles. The van der Waals surface area contributed by atoms with Crippen molar-refractivity contribution in [2.45, 2.75) is 39.7 Å². The minimum atomic E-state index is 0.656. The molecule has 1 heterocycles. The van der Waals surface area contributed by atoms with Crippen LogP contribution in [0.25, 0.3) is 0 Å². The third-order valence-corrected chi connectivity index (χ3v) is 2.91. The third-order valence-electron chi connectivity index (χ3n) is 2.91. The zero-order chi connectivity index (χ0) is 12.4. The second-order valence-electron chi connectivity index (χ2n) is 5.22. The third kappa shape index (κ3) is 3.08. The van der Waals surface area contributed by atoms with Gasteiger partial charge in [-0.1, -0.05) is 13.8 Å². The molecule has 0 bridgehead atoms. The van der Waals surface area contributed by atoms with E-state index in [2.05, 4.69) is 40.1 Å². The SMILES string of the molecule is CNc1nc(C)cc(N(CC(C)C)C2CC2)n1. The Morgan fingerprint density at radius 3 is 2.65 bits per heavy atom. The number of hydrogen-bond acceptors (Lipinski definition) is 4. The van der Waals surface area contributed by atoms with Crippen LogP contribution in [0.15, 0.2) is 6.07 Å². The van der Waals surface area contributed by atoms with Crippen molar-refractivity contribution in [2.24, 2.45) is 5.92 Å². The Morgan fingerprint density at radius 1 is 1.41 bits per heavy atom. The van der Waals surface area contributed by atoms with Gasteiger partial charge in [0, 0.05) is 31.4 Å². The first kappa shape index (κ1) is 12.1. The van der Waals surface area contributed by atoms with Crippen molar-refractivity contribution in [3.8, 4) is 0 Å². The van der Waals surface area contributed by atoms with Crippen LogP contribution in [0.3, 0.4) is 0 Å². The second kappa shape index (κ2) is 4.90. The van der Waals surface area contributed by atoms with E-state index >= 15 is 0 Å². The molecular formula is C13H22N4. The van der Waals surface area contributed by atoms with Crippen LogP contribution in [0, 0.1) is 12.8 Å². The Morgan fingerprint density at radius 2 is 2.12 bits per heavy atom. The number of hydrogen-bond donors (Lipinski definition) is 1. The van der Waals surface area contributed by atoms with Crippen molar-refractivity contribution in [1.29, 1.82) is 0 Å². The molecule has 4 heteroatoms. The van der Waals surface area contributed by atoms with E-state index in [4.69, 9.17) is 0 Å². The number of nitrogens with one attached hydrogen (secondary N) is 1. The average molecular weight is 234 g/mol. The highest BCUT2D eigenvalue weighted by atomic mass is 15.3. The Balaban J connectivity index is 2.25. The summed E-state index contributed by atoms with van der Waals surface area (Å²) in [5.74, 6) is 2.44. The highest BCUT2D eigenvalue weighted by Gasteiger charge is 2.30. The number of rotatable bonds is 5. The summed E-state index contributed by atoms with van der Waals surface area (Å²) in [4.78, 5) is 11.3. The lowest BCUT2D eigenvalue weighted by molar-refractivity contribution is 0.602. The molecule has 2 rings (SSSR count). The highest BCUT2D eigenvalue weighted by molar-refractivity contribution is 5.46. The van der Waals surface area contributed by atoms with E-state index in [9.17, 15) is 0 Å². The van der Waals surface area contributed by atoms with E-state index in [-0.39, 0.29) is 0 Å². The predicted octanol–water partition coefficient (Wildman–Crippen LogP) is 2.45. The predicted molar refractivity (Wildman–Crippen MR) is 71.5 cm³/mol. The summed E-state index contributed by atoms with van der Waals surface area (Å²) >= 11 is 0. The first-order valence-corrected chi connectivity index (χ1v) is 6.40. The molecule has 1 aliphatic rings. The molecule has 0 spiro atoms. The molecule has 0 unspecified atom stereocenters. The topological polar surface area (TPSA) is 41.1 Å². The van der Waals surface area contributed by atoms with Gasteiger partial charge >= 0.3 is 0 Å². The molecule has 0 amide bonds. The molecular weight excluding hydrogens is 212 g/mol. The van der Waals surface area contributed by atoms with Crippen LogP contribution in [0.2, 0.25) is 0 Å². The van der Waals surface area contributed by atoms with Crippen LogP contribution in [0.1, 0.15) is 32.4 Å². The lowest BCUT2D eigenvalue weighted by Gasteiger charge is -2.26. The van der Waals surface area contributed by atoms with Crippen molar-refractivity contribution in [3.63, 3.8) is 0 Å². The molecule has 94 valence electrons. The van der Waals surface area contributed by atoms with Gasteiger partial charge < -0.3 is 10.2 Å². The Hall–Kier alpha value is -1.32. The van der Waals surface area contributed by atoms with Gasteiger partial charge in [-0.05, 0) is 25.7 Å². The van der Waals surface area contributed by atoms with E-state index < -0.39 is 0 Å². The highest BCUT2D eigenvalue weighted by Crippen LogP contribution is 2.31. The smallest absolute Gasteiger partial charge is 0.224 e. The zero-order valence-corrected chi connectivity index (χ0v) is 11.2. The fourth-order valence-electron chi connectivity index (χ4n) is 2.02. The van der Waals surface area contributed by atoms with Crippen molar-refractivity contribution < 1.29 is 0 Å². The van der Waals surface area contributed by atoms with Gasteiger partial charge in [-0.2, -0.15) is 4.98 Å². The van der Waals surface area contributed by atoms with Crippen molar-refractivity contribution in [3.05, 3.63) is 11.8 Å². The molecule has 1 fully saturated rings. The van der Waals surface area contributed by atoms with E-state index in [0.717, 1.165) is 24.0 Å². The van der Waals surface area contributed by atoms with Crippen LogP contribution >= 0.6 is 0 Å². The summed E-state index contributed by atoms with van der Waals surface area (Å²) in [6, 6.07) is 2.78. The van der Waals surface area contributed by atoms with Crippen LogP contribution in [-0.4, -0.2) is 29.6 Å². The summed E-state index contributed by atoms with van der Waals surface area (Å²) in [7, 11) is 1.86. The molecule has 4 nitrogen and oxygen atoms in total. The zero-order valence-electron chi connectivity index (χ0n) is 11.2. The van der Waals surface area contributed by atoms with Gasteiger partial charge in [-0.25, -0.2) is 4.98 Å². The van der Waals surface area contributed by atoms with Gasteiger partial charge in [0.05, 0.1) is 0 Å². The van der Waals surface area contributed by atoms with Crippen LogP contribution < -0.4 is 10.2 Å². The molecule has 1 aromatic heterocycles. The van der Waals surface area contributed by atoms with Crippen LogP contribution in [-0.2, 0) is 0 Å². The van der Waals surface area contributed by atoms with Crippen molar-refractivity contribution >= 4 is 11.8 Å². The first-order valence-electron chi connectivity index (χ1n) is 6.40. The Labute approximate surface area is 103 Å². The van der Waals surface area contributed by atoms with Crippen LogP contribution in [0.4, 0.5) is 11.8 Å². The van der Waals surface area contributed by atoms with Crippen molar-refractivity contribution in [1.82, 2.24) is 9.97 Å². The molecule has 0 saturated heterocycles. The molecule has 1 saturated carbocycles. The van der Waals surface area contributed by atoms with Crippen molar-refractivity contribution in [2.75, 3.05) is 23.8 Å². The lowest BCUT2D eigenvalue weighted by Crippen LogP contribution is -2.31. The maximum atomic E-state index is 4.57. The van der Waals surface area contributed by atoms with E-state index in [1.807, 2.05) is 14.0 Å². The van der Waals surface area contributed by atoms with E-state index in [0.29, 0.717) is 12.0 Å². The molecule has 1 aliphatic carbocycles. The van der Waals surface area contributed by atoms with Gasteiger partial charge in [-0.3, -0.25) is 0 Å². The van der Waals surface area contributed by atoms with Gasteiger partial charge in [0.25, 0.3) is 0 Å². The van der Waals surface area contributed by atoms with E-state index in [1.165, 1.54) is 12.8 Å². The molecule has 0 atom stereocenters. The molecule has 1 N–H and O–H groups in total. The average Bonchev–Trinajstić information content (AvgIpc) is 3.08. The molecule has 17 heavy (non-hydrogen) atoms. The summed E-state index contributed by atoms with van der Waals surface area (Å²) in [6.45, 7) is 7.60. The molecule has 0 radical (unpaired) electrons. The first-order chi connectivity index (χ1) is 8.10. The maximum Gasteiger partial charge on any atom is 0.224 e. The quantitative estimate of drug-likeness (QED) is 0.849.